The van der Waals surface area contributed by atoms with Gasteiger partial charge < -0.3 is 4.90 Å². The first kappa shape index (κ1) is 21.7. The van der Waals surface area contributed by atoms with Crippen molar-refractivity contribution in [3.8, 4) is 11.8 Å². The van der Waals surface area contributed by atoms with Crippen molar-refractivity contribution >= 4 is 17.0 Å². The van der Waals surface area contributed by atoms with Crippen LogP contribution in [0.1, 0.15) is 33.5 Å². The fourth-order valence-electron chi connectivity index (χ4n) is 4.77. The van der Waals surface area contributed by atoms with Crippen LogP contribution in [0, 0.1) is 18.8 Å². The Morgan fingerprint density at radius 3 is 2.74 bits per heavy atom. The maximum Gasteiger partial charge on any atom is 0.154 e. The number of imidazole rings is 1. The molecule has 0 unspecified atom stereocenters. The first-order valence-corrected chi connectivity index (χ1v) is 12.1. The molecule has 6 nitrogen and oxygen atoms in total. The standard InChI is InChI=1S/C29H28N6/c1-21-5-7-24(17-23(21)8-9-26-19-30-29-4-3-11-31-35(26)29)28-18-25-16-22(6-10-27(25)32-28)20-34-14-12-33(2)13-15-34/h3-7,10-11,16-17,19H,12-15,18,20H2,1-2H3. The predicted octanol–water partition coefficient (Wildman–Crippen LogP) is 3.86. The largest absolute Gasteiger partial charge is 0.304 e. The maximum atomic E-state index is 4.97. The van der Waals surface area contributed by atoms with Crippen molar-refractivity contribution in [2.45, 2.75) is 19.9 Å². The molecule has 35 heavy (non-hydrogen) atoms. The molecular weight excluding hydrogens is 432 g/mol. The van der Waals surface area contributed by atoms with Crippen molar-refractivity contribution in [3.63, 3.8) is 0 Å². The summed E-state index contributed by atoms with van der Waals surface area (Å²) in [6, 6.07) is 17.0. The van der Waals surface area contributed by atoms with E-state index < -0.39 is 0 Å². The van der Waals surface area contributed by atoms with Gasteiger partial charge in [0.05, 0.1) is 17.6 Å². The molecule has 6 rings (SSSR count). The van der Waals surface area contributed by atoms with Gasteiger partial charge in [0.1, 0.15) is 5.69 Å². The van der Waals surface area contributed by atoms with Crippen LogP contribution >= 0.6 is 0 Å². The molecule has 0 radical (unpaired) electrons. The fraction of sp³-hybridized carbons (Fsp3) is 0.276. The number of aliphatic imine (C=N–C) groups is 1. The van der Waals surface area contributed by atoms with Crippen LogP contribution in [-0.4, -0.2) is 63.3 Å². The Hall–Kier alpha value is -3.79. The van der Waals surface area contributed by atoms with E-state index >= 15 is 0 Å². The van der Waals surface area contributed by atoms with E-state index in [1.54, 1.807) is 16.9 Å². The average Bonchev–Trinajstić information content (AvgIpc) is 3.49. The third-order valence-electron chi connectivity index (χ3n) is 6.93. The normalized spacial score (nSPS) is 16.1. The number of hydrogen-bond acceptors (Lipinski definition) is 5. The Balaban J connectivity index is 1.21. The molecule has 2 aliphatic rings. The molecule has 2 aromatic carbocycles. The minimum Gasteiger partial charge on any atom is -0.304 e. The summed E-state index contributed by atoms with van der Waals surface area (Å²) in [4.78, 5) is 14.3. The first-order chi connectivity index (χ1) is 17.1. The molecule has 174 valence electrons. The molecule has 0 N–H and O–H groups in total. The molecule has 1 saturated heterocycles. The van der Waals surface area contributed by atoms with E-state index in [9.17, 15) is 0 Å². The molecule has 4 heterocycles. The summed E-state index contributed by atoms with van der Waals surface area (Å²) >= 11 is 0. The number of hydrogen-bond donors (Lipinski definition) is 0. The van der Waals surface area contributed by atoms with Gasteiger partial charge in [-0.05, 0) is 66.4 Å². The van der Waals surface area contributed by atoms with E-state index in [0.717, 1.165) is 78.6 Å². The van der Waals surface area contributed by atoms with Crippen LogP contribution in [0.5, 0.6) is 0 Å². The molecule has 1 fully saturated rings. The Bertz CT molecular complexity index is 1490. The first-order valence-electron chi connectivity index (χ1n) is 12.1. The number of benzene rings is 2. The van der Waals surface area contributed by atoms with Gasteiger partial charge in [-0.3, -0.25) is 9.89 Å². The molecule has 6 heteroatoms. The SMILES string of the molecule is Cc1ccc(C2=Nc3ccc(CN4CCN(C)CC4)cc3C2)cc1C#Cc1cnc2cccnn12. The van der Waals surface area contributed by atoms with Crippen LogP contribution in [0.2, 0.25) is 0 Å². The van der Waals surface area contributed by atoms with Gasteiger partial charge in [0.2, 0.25) is 0 Å². The maximum absolute atomic E-state index is 4.97. The van der Waals surface area contributed by atoms with Crippen LogP contribution in [0.3, 0.4) is 0 Å². The van der Waals surface area contributed by atoms with Crippen molar-refractivity contribution in [2.75, 3.05) is 33.2 Å². The van der Waals surface area contributed by atoms with Gasteiger partial charge in [-0.2, -0.15) is 5.10 Å². The van der Waals surface area contributed by atoms with E-state index in [-0.39, 0.29) is 0 Å². The number of nitrogens with zero attached hydrogens (tertiary/aromatic N) is 6. The van der Waals surface area contributed by atoms with E-state index in [0.29, 0.717) is 0 Å². The number of aryl methyl sites for hydroxylation is 1. The third-order valence-corrected chi connectivity index (χ3v) is 6.93. The second-order valence-electron chi connectivity index (χ2n) is 9.49. The summed E-state index contributed by atoms with van der Waals surface area (Å²) in [6.07, 6.45) is 4.38. The zero-order valence-corrected chi connectivity index (χ0v) is 20.2. The minimum absolute atomic E-state index is 0.781. The monoisotopic (exact) mass is 460 g/mol. The topological polar surface area (TPSA) is 49.0 Å². The van der Waals surface area contributed by atoms with Crippen molar-refractivity contribution in [1.82, 2.24) is 24.4 Å². The highest BCUT2D eigenvalue weighted by Gasteiger charge is 2.19. The Morgan fingerprint density at radius 1 is 0.971 bits per heavy atom. The highest BCUT2D eigenvalue weighted by molar-refractivity contribution is 6.06. The quantitative estimate of drug-likeness (QED) is 0.436. The van der Waals surface area contributed by atoms with Crippen LogP contribution in [0.15, 0.2) is 65.9 Å². The molecule has 0 aliphatic carbocycles. The van der Waals surface area contributed by atoms with Crippen LogP contribution < -0.4 is 0 Å². The molecule has 0 amide bonds. The Kier molecular flexibility index (Phi) is 5.65. The van der Waals surface area contributed by atoms with E-state index in [2.05, 4.69) is 82.1 Å². The van der Waals surface area contributed by atoms with Gasteiger partial charge in [-0.15, -0.1) is 0 Å². The highest BCUT2D eigenvalue weighted by Crippen LogP contribution is 2.30. The minimum atomic E-state index is 0.781. The van der Waals surface area contributed by atoms with Crippen LogP contribution in [0.25, 0.3) is 5.65 Å². The molecule has 0 bridgehead atoms. The van der Waals surface area contributed by atoms with E-state index in [1.165, 1.54) is 11.1 Å². The lowest BCUT2D eigenvalue weighted by molar-refractivity contribution is 0.148. The van der Waals surface area contributed by atoms with Gasteiger partial charge in [-0.25, -0.2) is 9.50 Å². The third kappa shape index (κ3) is 4.49. The molecule has 2 aromatic heterocycles. The summed E-state index contributed by atoms with van der Waals surface area (Å²) in [5.41, 5.74) is 9.75. The second-order valence-corrected chi connectivity index (χ2v) is 9.49. The number of rotatable bonds is 3. The smallest absolute Gasteiger partial charge is 0.154 e. The highest BCUT2D eigenvalue weighted by atomic mass is 15.3. The number of aromatic nitrogens is 3. The van der Waals surface area contributed by atoms with E-state index in [1.807, 2.05) is 12.1 Å². The van der Waals surface area contributed by atoms with Gasteiger partial charge >= 0.3 is 0 Å². The Labute approximate surface area is 205 Å². The zero-order valence-electron chi connectivity index (χ0n) is 20.2. The Morgan fingerprint density at radius 2 is 1.86 bits per heavy atom. The van der Waals surface area contributed by atoms with Crippen molar-refractivity contribution in [3.05, 3.63) is 94.4 Å². The summed E-state index contributed by atoms with van der Waals surface area (Å²) in [6.45, 7) is 7.66. The molecule has 0 atom stereocenters. The van der Waals surface area contributed by atoms with Gasteiger partial charge in [0.25, 0.3) is 0 Å². The molecule has 0 saturated carbocycles. The summed E-state index contributed by atoms with van der Waals surface area (Å²) in [5, 5.41) is 4.35. The molecule has 0 spiro atoms. The van der Waals surface area contributed by atoms with Crippen molar-refractivity contribution in [1.29, 1.82) is 0 Å². The number of piperazine rings is 1. The summed E-state index contributed by atoms with van der Waals surface area (Å²) < 4.78 is 1.77. The molecular formula is C29H28N6. The van der Waals surface area contributed by atoms with Crippen molar-refractivity contribution < 1.29 is 0 Å². The summed E-state index contributed by atoms with van der Waals surface area (Å²) in [7, 11) is 2.20. The lowest BCUT2D eigenvalue weighted by Crippen LogP contribution is -2.43. The van der Waals surface area contributed by atoms with Crippen LogP contribution in [0.4, 0.5) is 5.69 Å². The zero-order chi connectivity index (χ0) is 23.8. The lowest BCUT2D eigenvalue weighted by Gasteiger charge is -2.32. The number of fused-ring (bicyclic) bond motifs is 2. The number of likely N-dealkylation sites (N-methyl/N-ethyl adjacent to an activating group) is 1. The van der Waals surface area contributed by atoms with E-state index in [4.69, 9.17) is 4.99 Å². The molecule has 4 aromatic rings. The van der Waals surface area contributed by atoms with Gasteiger partial charge in [-0.1, -0.05) is 30.2 Å². The predicted molar refractivity (Wildman–Crippen MR) is 139 cm³/mol. The fourth-order valence-corrected chi connectivity index (χ4v) is 4.77. The van der Waals surface area contributed by atoms with Gasteiger partial charge in [0.15, 0.2) is 5.65 Å². The van der Waals surface area contributed by atoms with Crippen molar-refractivity contribution in [2.24, 2.45) is 4.99 Å². The average molecular weight is 461 g/mol. The van der Waals surface area contributed by atoms with Crippen LogP contribution in [-0.2, 0) is 13.0 Å². The second kappa shape index (κ2) is 9.10. The van der Waals surface area contributed by atoms with Gasteiger partial charge in [0, 0.05) is 50.9 Å². The molecule has 2 aliphatic heterocycles. The lowest BCUT2D eigenvalue weighted by atomic mass is 9.99. The summed E-state index contributed by atoms with van der Waals surface area (Å²) in [5.74, 6) is 6.58.